The number of aromatic nitrogens is 2. The summed E-state index contributed by atoms with van der Waals surface area (Å²) < 4.78 is 65.7. The first-order valence-corrected chi connectivity index (χ1v) is 7.59. The average molecular weight is 347 g/mol. The van der Waals surface area contributed by atoms with Gasteiger partial charge in [0.1, 0.15) is 0 Å². The predicted octanol–water partition coefficient (Wildman–Crippen LogP) is 1.86. The zero-order valence-electron chi connectivity index (χ0n) is 12.0. The zero-order valence-corrected chi connectivity index (χ0v) is 12.8. The fourth-order valence-corrected chi connectivity index (χ4v) is 1.99. The molecule has 0 aliphatic carbocycles. The molecule has 0 saturated carbocycles. The molecule has 2 rings (SSSR count). The van der Waals surface area contributed by atoms with Crippen molar-refractivity contribution in [1.82, 2.24) is 14.5 Å². The van der Waals surface area contributed by atoms with Gasteiger partial charge < -0.3 is 5.32 Å². The van der Waals surface area contributed by atoms with E-state index in [9.17, 15) is 21.6 Å². The molecule has 1 aromatic heterocycles. The smallest absolute Gasteiger partial charge is 0.302 e. The first-order chi connectivity index (χ1) is 10.7. The van der Waals surface area contributed by atoms with Gasteiger partial charge in [0.05, 0.1) is 5.69 Å². The minimum atomic E-state index is -3.73. The number of anilines is 3. The van der Waals surface area contributed by atoms with Gasteiger partial charge in [-0.05, 0) is 24.3 Å². The molecule has 0 spiro atoms. The molecular formula is C12H12F3N5O2S. The van der Waals surface area contributed by atoms with Crippen molar-refractivity contribution in [1.29, 1.82) is 0 Å². The number of rotatable bonds is 5. The standard InChI is InChI=1S/C12H12F3N5O2S/c1-20(2)23(21,22)19-10-6-5-9(17-18-10)16-8-4-3-7(13)11(14)12(8)15/h3-6H,1-2H3,(H,16,17)(H,18,19). The summed E-state index contributed by atoms with van der Waals surface area (Å²) in [6.07, 6.45) is 0. The van der Waals surface area contributed by atoms with Crippen molar-refractivity contribution in [3.63, 3.8) is 0 Å². The highest BCUT2D eigenvalue weighted by atomic mass is 32.2. The van der Waals surface area contributed by atoms with Gasteiger partial charge in [0.15, 0.2) is 29.1 Å². The summed E-state index contributed by atoms with van der Waals surface area (Å²) in [6.45, 7) is 0. The van der Waals surface area contributed by atoms with E-state index in [0.29, 0.717) is 0 Å². The summed E-state index contributed by atoms with van der Waals surface area (Å²) in [6, 6.07) is 4.32. The maximum absolute atomic E-state index is 13.5. The van der Waals surface area contributed by atoms with Crippen molar-refractivity contribution < 1.29 is 21.6 Å². The van der Waals surface area contributed by atoms with E-state index < -0.39 is 27.7 Å². The van der Waals surface area contributed by atoms with Crippen LogP contribution in [-0.4, -0.2) is 37.0 Å². The van der Waals surface area contributed by atoms with Crippen molar-refractivity contribution in [3.05, 3.63) is 41.7 Å². The molecule has 0 bridgehead atoms. The summed E-state index contributed by atoms with van der Waals surface area (Å²) >= 11 is 0. The molecule has 7 nitrogen and oxygen atoms in total. The summed E-state index contributed by atoms with van der Waals surface area (Å²) in [4.78, 5) is 0. The molecule has 0 amide bonds. The Hall–Kier alpha value is -2.40. The molecule has 0 radical (unpaired) electrons. The van der Waals surface area contributed by atoms with E-state index in [1.165, 1.54) is 26.2 Å². The third-order valence-corrected chi connectivity index (χ3v) is 4.11. The largest absolute Gasteiger partial charge is 0.336 e. The first kappa shape index (κ1) is 17.0. The molecule has 1 heterocycles. The summed E-state index contributed by atoms with van der Waals surface area (Å²) in [5.74, 6) is -4.37. The van der Waals surface area contributed by atoms with Crippen LogP contribution in [0.25, 0.3) is 0 Å². The fraction of sp³-hybridized carbons (Fsp3) is 0.167. The number of benzene rings is 1. The van der Waals surface area contributed by atoms with Crippen LogP contribution < -0.4 is 10.0 Å². The molecule has 0 atom stereocenters. The van der Waals surface area contributed by atoms with Crippen LogP contribution in [0.1, 0.15) is 0 Å². The topological polar surface area (TPSA) is 87.2 Å². The Kier molecular flexibility index (Phi) is 4.71. The van der Waals surface area contributed by atoms with E-state index in [-0.39, 0.29) is 17.3 Å². The number of hydrogen-bond donors (Lipinski definition) is 2. The molecule has 11 heteroatoms. The van der Waals surface area contributed by atoms with E-state index in [4.69, 9.17) is 0 Å². The van der Waals surface area contributed by atoms with Crippen LogP contribution in [0.2, 0.25) is 0 Å². The predicted molar refractivity (Wildman–Crippen MR) is 77.9 cm³/mol. The summed E-state index contributed by atoms with van der Waals surface area (Å²) in [5.41, 5.74) is -0.333. The van der Waals surface area contributed by atoms with E-state index in [1.807, 2.05) is 0 Å². The average Bonchev–Trinajstić information content (AvgIpc) is 2.49. The first-order valence-electron chi connectivity index (χ1n) is 6.15. The van der Waals surface area contributed by atoms with Crippen molar-refractivity contribution in [3.8, 4) is 0 Å². The molecule has 2 aromatic rings. The van der Waals surface area contributed by atoms with Gasteiger partial charge in [-0.15, -0.1) is 10.2 Å². The second kappa shape index (κ2) is 6.38. The van der Waals surface area contributed by atoms with Crippen LogP contribution in [0, 0.1) is 17.5 Å². The molecule has 1 aromatic carbocycles. The highest BCUT2D eigenvalue weighted by molar-refractivity contribution is 7.90. The van der Waals surface area contributed by atoms with Gasteiger partial charge in [-0.25, -0.2) is 13.2 Å². The van der Waals surface area contributed by atoms with Crippen LogP contribution >= 0.6 is 0 Å². The van der Waals surface area contributed by atoms with Gasteiger partial charge in [-0.1, -0.05) is 0 Å². The normalized spacial score (nSPS) is 11.6. The zero-order chi connectivity index (χ0) is 17.2. The number of hydrogen-bond acceptors (Lipinski definition) is 5. The van der Waals surface area contributed by atoms with Gasteiger partial charge in [-0.3, -0.25) is 4.72 Å². The third kappa shape index (κ3) is 3.87. The van der Waals surface area contributed by atoms with Gasteiger partial charge in [0, 0.05) is 14.1 Å². The van der Waals surface area contributed by atoms with Crippen molar-refractivity contribution >= 4 is 27.5 Å². The maximum atomic E-state index is 13.5. The van der Waals surface area contributed by atoms with Crippen LogP contribution in [0.3, 0.4) is 0 Å². The van der Waals surface area contributed by atoms with Gasteiger partial charge in [-0.2, -0.15) is 12.7 Å². The van der Waals surface area contributed by atoms with Crippen LogP contribution in [0.5, 0.6) is 0 Å². The highest BCUT2D eigenvalue weighted by Gasteiger charge is 2.15. The Balaban J connectivity index is 2.17. The number of nitrogens with zero attached hydrogens (tertiary/aromatic N) is 3. The lowest BCUT2D eigenvalue weighted by Crippen LogP contribution is -2.29. The second-order valence-corrected chi connectivity index (χ2v) is 6.43. The quantitative estimate of drug-likeness (QED) is 0.806. The molecule has 0 aliphatic rings. The van der Waals surface area contributed by atoms with Crippen molar-refractivity contribution in [2.24, 2.45) is 0 Å². The molecule has 0 aliphatic heterocycles. The third-order valence-electron chi connectivity index (χ3n) is 2.68. The Morgan fingerprint density at radius 1 is 0.957 bits per heavy atom. The van der Waals surface area contributed by atoms with Crippen molar-refractivity contribution in [2.45, 2.75) is 0 Å². The lowest BCUT2D eigenvalue weighted by molar-refractivity contribution is 0.449. The summed E-state index contributed by atoms with van der Waals surface area (Å²) in [5, 5.41) is 9.62. The molecule has 0 fully saturated rings. The number of nitrogens with one attached hydrogen (secondary N) is 2. The molecule has 23 heavy (non-hydrogen) atoms. The Morgan fingerprint density at radius 2 is 1.57 bits per heavy atom. The lowest BCUT2D eigenvalue weighted by Gasteiger charge is -2.12. The van der Waals surface area contributed by atoms with Gasteiger partial charge >= 0.3 is 10.2 Å². The maximum Gasteiger partial charge on any atom is 0.302 e. The summed E-state index contributed by atoms with van der Waals surface area (Å²) in [7, 11) is -1.07. The minimum Gasteiger partial charge on any atom is -0.336 e. The van der Waals surface area contributed by atoms with E-state index >= 15 is 0 Å². The van der Waals surface area contributed by atoms with E-state index in [0.717, 1.165) is 16.4 Å². The molecular weight excluding hydrogens is 335 g/mol. The fourth-order valence-electron chi connectivity index (χ4n) is 1.44. The highest BCUT2D eigenvalue weighted by Crippen LogP contribution is 2.22. The van der Waals surface area contributed by atoms with E-state index in [1.54, 1.807) is 0 Å². The monoisotopic (exact) mass is 347 g/mol. The van der Waals surface area contributed by atoms with Crippen LogP contribution in [0.4, 0.5) is 30.5 Å². The minimum absolute atomic E-state index is 0.0164. The SMILES string of the molecule is CN(C)S(=O)(=O)Nc1ccc(Nc2ccc(F)c(F)c2F)nn1. The molecule has 2 N–H and O–H groups in total. The lowest BCUT2D eigenvalue weighted by atomic mass is 10.3. The molecule has 0 unspecified atom stereocenters. The number of halogens is 3. The Bertz CT molecular complexity index is 812. The van der Waals surface area contributed by atoms with Crippen LogP contribution in [-0.2, 0) is 10.2 Å². The van der Waals surface area contributed by atoms with Gasteiger partial charge in [0.2, 0.25) is 0 Å². The van der Waals surface area contributed by atoms with Crippen molar-refractivity contribution in [2.75, 3.05) is 24.1 Å². The molecule has 124 valence electrons. The Morgan fingerprint density at radius 3 is 2.13 bits per heavy atom. The van der Waals surface area contributed by atoms with Crippen LogP contribution in [0.15, 0.2) is 24.3 Å². The van der Waals surface area contributed by atoms with E-state index in [2.05, 4.69) is 20.2 Å². The second-order valence-electron chi connectivity index (χ2n) is 4.54. The van der Waals surface area contributed by atoms with Gasteiger partial charge in [0.25, 0.3) is 0 Å². The Labute approximate surface area is 130 Å². The molecule has 0 saturated heterocycles.